The Hall–Kier alpha value is -1.96. The van der Waals surface area contributed by atoms with Gasteiger partial charge in [-0.05, 0) is 30.9 Å². The molecule has 0 unspecified atom stereocenters. The topological polar surface area (TPSA) is 82.7 Å². The smallest absolute Gasteiger partial charge is 0.317 e. The number of halogens is 1. The molecule has 1 N–H and O–H groups in total. The molecule has 0 amide bonds. The van der Waals surface area contributed by atoms with Crippen LogP contribution in [0.3, 0.4) is 0 Å². The average molecular weight is 423 g/mol. The van der Waals surface area contributed by atoms with Gasteiger partial charge in [-0.25, -0.2) is 0 Å². The Morgan fingerprint density at radius 3 is 2.48 bits per heavy atom. The molecule has 1 aromatic carbocycles. The van der Waals surface area contributed by atoms with E-state index in [0.717, 1.165) is 38.0 Å². The number of hydrogen-bond donors (Lipinski definition) is 1. The minimum absolute atomic E-state index is 0. The van der Waals surface area contributed by atoms with E-state index in [1.807, 2.05) is 24.0 Å². The second-order valence-electron chi connectivity index (χ2n) is 7.75. The summed E-state index contributed by atoms with van der Waals surface area (Å²) in [7, 11) is 0. The Bertz CT molecular complexity index is 770. The molecule has 1 aliphatic heterocycles. The predicted molar refractivity (Wildman–Crippen MR) is 114 cm³/mol. The molecule has 160 valence electrons. The minimum atomic E-state index is -0.760. The van der Waals surface area contributed by atoms with Crippen molar-refractivity contribution in [3.8, 4) is 11.4 Å². The van der Waals surface area contributed by atoms with Crippen molar-refractivity contribution >= 4 is 18.4 Å². The van der Waals surface area contributed by atoms with Crippen LogP contribution in [0.1, 0.15) is 51.0 Å². The van der Waals surface area contributed by atoms with Crippen LogP contribution in [-0.4, -0.2) is 63.2 Å². The number of nitrogens with zero attached hydrogens (tertiary/aromatic N) is 4. The number of hydrogen-bond acceptors (Lipinski definition) is 6. The van der Waals surface area contributed by atoms with Crippen molar-refractivity contribution in [1.29, 1.82) is 0 Å². The lowest BCUT2D eigenvalue weighted by Gasteiger charge is -2.36. The summed E-state index contributed by atoms with van der Waals surface area (Å²) < 4.78 is 5.46. The molecule has 0 aliphatic carbocycles. The molecular weight excluding hydrogens is 392 g/mol. The van der Waals surface area contributed by atoms with Crippen molar-refractivity contribution < 1.29 is 14.4 Å². The summed E-state index contributed by atoms with van der Waals surface area (Å²) in [5.41, 5.74) is 2.25. The third kappa shape index (κ3) is 6.26. The van der Waals surface area contributed by atoms with Crippen molar-refractivity contribution in [2.45, 2.75) is 52.1 Å². The number of likely N-dealkylation sites (N-methyl/N-ethyl adjacent to an activating group) is 1. The van der Waals surface area contributed by atoms with Crippen LogP contribution in [0.15, 0.2) is 28.8 Å². The summed E-state index contributed by atoms with van der Waals surface area (Å²) in [6, 6.07) is 8.62. The Balaban J connectivity index is 0.00000300. The summed E-state index contributed by atoms with van der Waals surface area (Å²) >= 11 is 0. The molecule has 8 heteroatoms. The summed E-state index contributed by atoms with van der Waals surface area (Å²) in [6.45, 7) is 9.68. The van der Waals surface area contributed by atoms with Gasteiger partial charge in [0.05, 0.1) is 13.1 Å². The maximum absolute atomic E-state index is 11.0. The van der Waals surface area contributed by atoms with Gasteiger partial charge in [0.2, 0.25) is 11.7 Å². The van der Waals surface area contributed by atoms with Crippen molar-refractivity contribution in [3.05, 3.63) is 35.7 Å². The molecule has 2 aromatic rings. The quantitative estimate of drug-likeness (QED) is 0.695. The van der Waals surface area contributed by atoms with Gasteiger partial charge in [0.15, 0.2) is 0 Å². The van der Waals surface area contributed by atoms with Crippen LogP contribution < -0.4 is 0 Å². The van der Waals surface area contributed by atoms with Crippen LogP contribution in [0, 0.1) is 0 Å². The first kappa shape index (κ1) is 23.3. The Morgan fingerprint density at radius 1 is 1.28 bits per heavy atom. The van der Waals surface area contributed by atoms with Gasteiger partial charge in [-0.1, -0.05) is 50.2 Å². The number of aliphatic carboxylic acids is 1. The first-order valence-electron chi connectivity index (χ1n) is 10.1. The van der Waals surface area contributed by atoms with E-state index in [0.29, 0.717) is 30.2 Å². The molecule has 1 aliphatic rings. The van der Waals surface area contributed by atoms with E-state index in [1.54, 1.807) is 0 Å². The lowest BCUT2D eigenvalue weighted by molar-refractivity contribution is -0.139. The van der Waals surface area contributed by atoms with Gasteiger partial charge >= 0.3 is 5.97 Å². The molecule has 2 heterocycles. The van der Waals surface area contributed by atoms with Crippen LogP contribution in [-0.2, 0) is 11.3 Å². The molecule has 1 fully saturated rings. The number of carboxylic acid groups (broad SMARTS) is 1. The van der Waals surface area contributed by atoms with E-state index in [-0.39, 0.29) is 19.0 Å². The summed E-state index contributed by atoms with van der Waals surface area (Å²) in [4.78, 5) is 19.9. The lowest BCUT2D eigenvalue weighted by Crippen LogP contribution is -2.46. The van der Waals surface area contributed by atoms with E-state index in [1.165, 1.54) is 5.56 Å². The van der Waals surface area contributed by atoms with E-state index in [4.69, 9.17) is 9.63 Å². The van der Waals surface area contributed by atoms with Crippen LogP contribution in [0.2, 0.25) is 0 Å². The standard InChI is InChI=1S/C21H30N4O3.ClH/c1-4-25(14-20(26)27)18-9-11-24(12-10-18)13-19-22-21(23-28-19)17-7-5-16(6-8-17)15(2)3;/h5-8,15,18H,4,9-14H2,1-3H3,(H,26,27);1H. The molecule has 0 bridgehead atoms. The number of benzene rings is 1. The molecule has 1 saturated heterocycles. The fraction of sp³-hybridized carbons (Fsp3) is 0.571. The van der Waals surface area contributed by atoms with Gasteiger partial charge in [0, 0.05) is 24.7 Å². The third-order valence-corrected chi connectivity index (χ3v) is 5.48. The highest BCUT2D eigenvalue weighted by atomic mass is 35.5. The predicted octanol–water partition coefficient (Wildman–Crippen LogP) is 3.65. The van der Waals surface area contributed by atoms with E-state index >= 15 is 0 Å². The normalized spacial score (nSPS) is 15.6. The number of piperidine rings is 1. The molecular formula is C21H31ClN4O3. The monoisotopic (exact) mass is 422 g/mol. The van der Waals surface area contributed by atoms with Crippen LogP contribution in [0.4, 0.5) is 0 Å². The summed E-state index contributed by atoms with van der Waals surface area (Å²) in [5, 5.41) is 13.2. The zero-order valence-electron chi connectivity index (χ0n) is 17.4. The Morgan fingerprint density at radius 2 is 1.93 bits per heavy atom. The first-order valence-corrected chi connectivity index (χ1v) is 10.1. The Kier molecular flexibility index (Phi) is 8.61. The lowest BCUT2D eigenvalue weighted by atomic mass is 10.0. The molecule has 0 saturated carbocycles. The van der Waals surface area contributed by atoms with E-state index in [2.05, 4.69) is 41.0 Å². The van der Waals surface area contributed by atoms with Crippen molar-refractivity contribution in [2.75, 3.05) is 26.2 Å². The average Bonchev–Trinajstić information content (AvgIpc) is 3.15. The van der Waals surface area contributed by atoms with E-state index < -0.39 is 5.97 Å². The molecule has 3 rings (SSSR count). The first-order chi connectivity index (χ1) is 13.5. The maximum Gasteiger partial charge on any atom is 0.317 e. The number of likely N-dealkylation sites (tertiary alicyclic amines) is 1. The third-order valence-electron chi connectivity index (χ3n) is 5.48. The second-order valence-corrected chi connectivity index (χ2v) is 7.75. The second kappa shape index (κ2) is 10.7. The number of aromatic nitrogens is 2. The molecule has 1 aromatic heterocycles. The van der Waals surface area contributed by atoms with Gasteiger partial charge < -0.3 is 9.63 Å². The zero-order valence-corrected chi connectivity index (χ0v) is 18.2. The van der Waals surface area contributed by atoms with Gasteiger partial charge in [-0.2, -0.15) is 4.98 Å². The molecule has 7 nitrogen and oxygen atoms in total. The van der Waals surface area contributed by atoms with Crippen LogP contribution in [0.5, 0.6) is 0 Å². The van der Waals surface area contributed by atoms with Gasteiger partial charge in [0.25, 0.3) is 0 Å². The Labute approximate surface area is 178 Å². The van der Waals surface area contributed by atoms with Crippen molar-refractivity contribution in [3.63, 3.8) is 0 Å². The molecule has 0 radical (unpaired) electrons. The van der Waals surface area contributed by atoms with Gasteiger partial charge in [-0.3, -0.25) is 14.6 Å². The van der Waals surface area contributed by atoms with Gasteiger partial charge in [-0.15, -0.1) is 12.4 Å². The fourth-order valence-electron chi connectivity index (χ4n) is 3.76. The largest absolute Gasteiger partial charge is 0.480 e. The number of carboxylic acids is 1. The highest BCUT2D eigenvalue weighted by molar-refractivity contribution is 5.85. The van der Waals surface area contributed by atoms with Crippen LogP contribution in [0.25, 0.3) is 11.4 Å². The van der Waals surface area contributed by atoms with Gasteiger partial charge in [0.1, 0.15) is 0 Å². The molecule has 0 spiro atoms. The fourth-order valence-corrected chi connectivity index (χ4v) is 3.76. The molecule has 29 heavy (non-hydrogen) atoms. The van der Waals surface area contributed by atoms with Crippen molar-refractivity contribution in [1.82, 2.24) is 19.9 Å². The number of rotatable bonds is 8. The van der Waals surface area contributed by atoms with E-state index in [9.17, 15) is 4.79 Å². The highest BCUT2D eigenvalue weighted by Crippen LogP contribution is 2.22. The summed E-state index contributed by atoms with van der Waals surface area (Å²) in [6.07, 6.45) is 1.91. The highest BCUT2D eigenvalue weighted by Gasteiger charge is 2.26. The summed E-state index contributed by atoms with van der Waals surface area (Å²) in [5.74, 6) is 0.985. The minimum Gasteiger partial charge on any atom is -0.480 e. The molecule has 0 atom stereocenters. The maximum atomic E-state index is 11.0. The SMILES string of the molecule is CCN(CC(=O)O)C1CCN(Cc2nc(-c3ccc(C(C)C)cc3)no2)CC1.Cl. The zero-order chi connectivity index (χ0) is 20.1. The number of carbonyl (C=O) groups is 1. The van der Waals surface area contributed by atoms with Crippen LogP contribution >= 0.6 is 12.4 Å². The van der Waals surface area contributed by atoms with Crippen molar-refractivity contribution in [2.24, 2.45) is 0 Å².